The SMILES string of the molecule is CCOC(=O)CS(=O)(=O)N(Cc1cccc(N)c1)C(C)C. The summed E-state index contributed by atoms with van der Waals surface area (Å²) in [5.41, 5.74) is 7.04. The molecule has 0 aromatic heterocycles. The highest BCUT2D eigenvalue weighted by atomic mass is 32.2. The van der Waals surface area contributed by atoms with Crippen molar-refractivity contribution >= 4 is 21.7 Å². The zero-order valence-electron chi connectivity index (χ0n) is 12.6. The van der Waals surface area contributed by atoms with Gasteiger partial charge in [-0.15, -0.1) is 0 Å². The van der Waals surface area contributed by atoms with Gasteiger partial charge in [-0.25, -0.2) is 8.42 Å². The molecule has 0 fully saturated rings. The highest BCUT2D eigenvalue weighted by Crippen LogP contribution is 2.16. The van der Waals surface area contributed by atoms with Gasteiger partial charge in [-0.1, -0.05) is 12.1 Å². The Balaban J connectivity index is 2.93. The number of nitrogens with two attached hydrogens (primary N) is 1. The summed E-state index contributed by atoms with van der Waals surface area (Å²) in [7, 11) is -3.74. The molecular formula is C14H22N2O4S. The van der Waals surface area contributed by atoms with E-state index in [1.807, 2.05) is 0 Å². The van der Waals surface area contributed by atoms with Gasteiger partial charge in [0.2, 0.25) is 10.0 Å². The van der Waals surface area contributed by atoms with E-state index in [0.29, 0.717) is 5.69 Å². The van der Waals surface area contributed by atoms with Gasteiger partial charge < -0.3 is 10.5 Å². The van der Waals surface area contributed by atoms with Crippen molar-refractivity contribution in [1.29, 1.82) is 0 Å². The second-order valence-electron chi connectivity index (χ2n) is 4.95. The number of hydrogen-bond acceptors (Lipinski definition) is 5. The van der Waals surface area contributed by atoms with Crippen LogP contribution in [0.3, 0.4) is 0 Å². The molecule has 21 heavy (non-hydrogen) atoms. The summed E-state index contributed by atoms with van der Waals surface area (Å²) in [6.45, 7) is 5.48. The first-order chi connectivity index (χ1) is 9.76. The van der Waals surface area contributed by atoms with Crippen LogP contribution in [0.15, 0.2) is 24.3 Å². The minimum Gasteiger partial charge on any atom is -0.465 e. The molecule has 0 amide bonds. The maximum atomic E-state index is 12.3. The Morgan fingerprint density at radius 2 is 2.05 bits per heavy atom. The number of benzene rings is 1. The first-order valence-corrected chi connectivity index (χ1v) is 8.36. The van der Waals surface area contributed by atoms with E-state index in [9.17, 15) is 13.2 Å². The lowest BCUT2D eigenvalue weighted by atomic mass is 10.2. The van der Waals surface area contributed by atoms with Crippen molar-refractivity contribution in [3.63, 3.8) is 0 Å². The maximum Gasteiger partial charge on any atom is 0.322 e. The highest BCUT2D eigenvalue weighted by molar-refractivity contribution is 7.89. The predicted octanol–water partition coefficient (Wildman–Crippen LogP) is 1.37. The van der Waals surface area contributed by atoms with Crippen molar-refractivity contribution < 1.29 is 17.9 Å². The van der Waals surface area contributed by atoms with Crippen molar-refractivity contribution in [1.82, 2.24) is 4.31 Å². The fourth-order valence-corrected chi connectivity index (χ4v) is 3.44. The van der Waals surface area contributed by atoms with Crippen LogP contribution >= 0.6 is 0 Å². The van der Waals surface area contributed by atoms with E-state index in [4.69, 9.17) is 10.5 Å². The number of carbonyl (C=O) groups is 1. The molecule has 0 unspecified atom stereocenters. The van der Waals surface area contributed by atoms with E-state index in [2.05, 4.69) is 0 Å². The lowest BCUT2D eigenvalue weighted by molar-refractivity contribution is -0.140. The predicted molar refractivity (Wildman–Crippen MR) is 82.0 cm³/mol. The van der Waals surface area contributed by atoms with E-state index < -0.39 is 21.7 Å². The van der Waals surface area contributed by atoms with Crippen LogP contribution in [-0.4, -0.2) is 37.1 Å². The third kappa shape index (κ3) is 5.35. The molecule has 6 nitrogen and oxygen atoms in total. The van der Waals surface area contributed by atoms with Crippen LogP contribution in [0, 0.1) is 0 Å². The summed E-state index contributed by atoms with van der Waals surface area (Å²) < 4.78 is 30.7. The van der Waals surface area contributed by atoms with E-state index in [0.717, 1.165) is 5.56 Å². The molecule has 0 spiro atoms. The van der Waals surface area contributed by atoms with Crippen LogP contribution in [0.1, 0.15) is 26.3 Å². The second kappa shape index (κ2) is 7.42. The molecule has 1 aromatic rings. The summed E-state index contributed by atoms with van der Waals surface area (Å²) >= 11 is 0. The maximum absolute atomic E-state index is 12.3. The van der Waals surface area contributed by atoms with Gasteiger partial charge in [0.1, 0.15) is 0 Å². The van der Waals surface area contributed by atoms with E-state index in [-0.39, 0.29) is 19.2 Å². The third-order valence-electron chi connectivity index (χ3n) is 2.83. The molecule has 0 saturated heterocycles. The molecular weight excluding hydrogens is 292 g/mol. The zero-order chi connectivity index (χ0) is 16.0. The average Bonchev–Trinajstić information content (AvgIpc) is 2.35. The topological polar surface area (TPSA) is 89.7 Å². The van der Waals surface area contributed by atoms with Crippen molar-refractivity contribution in [2.45, 2.75) is 33.4 Å². The molecule has 1 aromatic carbocycles. The number of nitrogens with zero attached hydrogens (tertiary/aromatic N) is 1. The fraction of sp³-hybridized carbons (Fsp3) is 0.500. The van der Waals surface area contributed by atoms with Crippen LogP contribution < -0.4 is 5.73 Å². The van der Waals surface area contributed by atoms with Crippen LogP contribution in [0.25, 0.3) is 0 Å². The van der Waals surface area contributed by atoms with Crippen molar-refractivity contribution in [3.8, 4) is 0 Å². The fourth-order valence-electron chi connectivity index (χ4n) is 1.91. The van der Waals surface area contributed by atoms with Gasteiger partial charge in [0.05, 0.1) is 6.61 Å². The number of nitrogen functional groups attached to an aromatic ring is 1. The molecule has 0 aliphatic rings. The Labute approximate surface area is 125 Å². The summed E-state index contributed by atoms with van der Waals surface area (Å²) in [6.07, 6.45) is 0. The Morgan fingerprint density at radius 3 is 2.57 bits per heavy atom. The lowest BCUT2D eigenvalue weighted by Gasteiger charge is -2.25. The number of ether oxygens (including phenoxy) is 1. The number of rotatable bonds is 7. The molecule has 0 aliphatic carbocycles. The molecule has 2 N–H and O–H groups in total. The lowest BCUT2D eigenvalue weighted by Crippen LogP contribution is -2.40. The normalized spacial score (nSPS) is 11.9. The van der Waals surface area contributed by atoms with Gasteiger partial charge in [0, 0.05) is 18.3 Å². The van der Waals surface area contributed by atoms with E-state index in [1.54, 1.807) is 45.0 Å². The van der Waals surface area contributed by atoms with Gasteiger partial charge in [-0.05, 0) is 38.5 Å². The third-order valence-corrected chi connectivity index (χ3v) is 4.69. The molecule has 1 rings (SSSR count). The second-order valence-corrected chi connectivity index (χ2v) is 6.87. The standard InChI is InChI=1S/C14H22N2O4S/c1-4-20-14(17)10-21(18,19)16(11(2)3)9-12-6-5-7-13(15)8-12/h5-8,11H,4,9-10,15H2,1-3H3. The number of anilines is 1. The number of carbonyl (C=O) groups excluding carboxylic acids is 1. The van der Waals surface area contributed by atoms with Gasteiger partial charge >= 0.3 is 5.97 Å². The van der Waals surface area contributed by atoms with Crippen LogP contribution in [-0.2, 0) is 26.1 Å². The van der Waals surface area contributed by atoms with E-state index >= 15 is 0 Å². The smallest absolute Gasteiger partial charge is 0.322 e. The van der Waals surface area contributed by atoms with Crippen LogP contribution in [0.2, 0.25) is 0 Å². The van der Waals surface area contributed by atoms with Gasteiger partial charge in [0.15, 0.2) is 5.75 Å². The van der Waals surface area contributed by atoms with Gasteiger partial charge in [-0.3, -0.25) is 4.79 Å². The first-order valence-electron chi connectivity index (χ1n) is 6.75. The number of sulfonamides is 1. The first kappa shape index (κ1) is 17.5. The monoisotopic (exact) mass is 314 g/mol. The number of hydrogen-bond donors (Lipinski definition) is 1. The van der Waals surface area contributed by atoms with Gasteiger partial charge in [-0.2, -0.15) is 4.31 Å². The summed E-state index contributed by atoms with van der Waals surface area (Å²) in [5, 5.41) is 0. The zero-order valence-corrected chi connectivity index (χ0v) is 13.4. The Bertz CT molecular complexity index is 584. The molecule has 0 saturated carbocycles. The van der Waals surface area contributed by atoms with Crippen molar-refractivity contribution in [2.24, 2.45) is 0 Å². The van der Waals surface area contributed by atoms with Crippen molar-refractivity contribution in [2.75, 3.05) is 18.1 Å². The van der Waals surface area contributed by atoms with Crippen LogP contribution in [0.4, 0.5) is 5.69 Å². The van der Waals surface area contributed by atoms with Crippen molar-refractivity contribution in [3.05, 3.63) is 29.8 Å². The molecule has 7 heteroatoms. The minimum atomic E-state index is -3.74. The van der Waals surface area contributed by atoms with Gasteiger partial charge in [0.25, 0.3) is 0 Å². The summed E-state index contributed by atoms with van der Waals surface area (Å²) in [5.74, 6) is -1.39. The Hall–Kier alpha value is -1.60. The largest absolute Gasteiger partial charge is 0.465 e. The van der Waals surface area contributed by atoms with E-state index in [1.165, 1.54) is 4.31 Å². The highest BCUT2D eigenvalue weighted by Gasteiger charge is 2.28. The minimum absolute atomic E-state index is 0.158. The molecule has 0 heterocycles. The Kier molecular flexibility index (Phi) is 6.17. The summed E-state index contributed by atoms with van der Waals surface area (Å²) in [4.78, 5) is 11.4. The molecule has 0 atom stereocenters. The molecule has 0 radical (unpaired) electrons. The summed E-state index contributed by atoms with van der Waals surface area (Å²) in [6, 6.07) is 6.74. The quantitative estimate of drug-likeness (QED) is 0.606. The molecule has 0 bridgehead atoms. The average molecular weight is 314 g/mol. The molecule has 118 valence electrons. The van der Waals surface area contributed by atoms with Crippen LogP contribution in [0.5, 0.6) is 0 Å². The Morgan fingerprint density at radius 1 is 1.38 bits per heavy atom. The molecule has 0 aliphatic heterocycles. The number of esters is 1.